The SMILES string of the molecule is O=C1C(=O)N(C(=O)Nc2cccc(C(F)(F)F)c2)c2ccccc21. The molecule has 0 bridgehead atoms. The van der Waals surface area contributed by atoms with Gasteiger partial charge in [0.15, 0.2) is 0 Å². The highest BCUT2D eigenvalue weighted by atomic mass is 19.4. The van der Waals surface area contributed by atoms with E-state index in [1.165, 1.54) is 30.3 Å². The van der Waals surface area contributed by atoms with Crippen LogP contribution in [0.3, 0.4) is 0 Å². The quantitative estimate of drug-likeness (QED) is 0.812. The Labute approximate surface area is 133 Å². The smallest absolute Gasteiger partial charge is 0.307 e. The van der Waals surface area contributed by atoms with Crippen LogP contribution in [-0.2, 0) is 11.0 Å². The predicted molar refractivity (Wildman–Crippen MR) is 78.7 cm³/mol. The van der Waals surface area contributed by atoms with E-state index in [0.717, 1.165) is 18.2 Å². The average molecular weight is 334 g/mol. The van der Waals surface area contributed by atoms with E-state index in [9.17, 15) is 27.6 Å². The van der Waals surface area contributed by atoms with Gasteiger partial charge in [0.1, 0.15) is 0 Å². The highest BCUT2D eigenvalue weighted by molar-refractivity contribution is 6.56. The number of hydrogen-bond acceptors (Lipinski definition) is 3. The number of ketones is 1. The number of carbonyl (C=O) groups is 3. The molecular formula is C16H9F3N2O3. The van der Waals surface area contributed by atoms with Crippen LogP contribution in [0.5, 0.6) is 0 Å². The number of halogens is 3. The van der Waals surface area contributed by atoms with E-state index >= 15 is 0 Å². The van der Waals surface area contributed by atoms with E-state index in [-0.39, 0.29) is 16.9 Å². The van der Waals surface area contributed by atoms with Crippen LogP contribution in [-0.4, -0.2) is 17.7 Å². The van der Waals surface area contributed by atoms with E-state index in [4.69, 9.17) is 0 Å². The van der Waals surface area contributed by atoms with Crippen molar-refractivity contribution in [1.29, 1.82) is 0 Å². The van der Waals surface area contributed by atoms with Crippen molar-refractivity contribution < 1.29 is 27.6 Å². The van der Waals surface area contributed by atoms with Crippen molar-refractivity contribution in [1.82, 2.24) is 0 Å². The van der Waals surface area contributed by atoms with Gasteiger partial charge >= 0.3 is 18.1 Å². The number of amides is 3. The number of hydrogen-bond donors (Lipinski definition) is 1. The Kier molecular flexibility index (Phi) is 3.59. The number of anilines is 2. The van der Waals surface area contributed by atoms with Gasteiger partial charge in [-0.3, -0.25) is 9.59 Å². The molecule has 0 spiro atoms. The second kappa shape index (κ2) is 5.48. The molecule has 0 saturated heterocycles. The Hall–Kier alpha value is -3.16. The molecule has 122 valence electrons. The molecule has 0 aliphatic carbocycles. The number of alkyl halides is 3. The molecule has 3 rings (SSSR count). The number of urea groups is 1. The topological polar surface area (TPSA) is 66.5 Å². The summed E-state index contributed by atoms with van der Waals surface area (Å²) in [4.78, 5) is 36.6. The summed E-state index contributed by atoms with van der Waals surface area (Å²) in [5, 5.41) is 2.20. The molecule has 0 radical (unpaired) electrons. The van der Waals surface area contributed by atoms with E-state index < -0.39 is 29.5 Å². The summed E-state index contributed by atoms with van der Waals surface area (Å²) in [6.45, 7) is 0. The van der Waals surface area contributed by atoms with Crippen LogP contribution in [0.15, 0.2) is 48.5 Å². The van der Waals surface area contributed by atoms with Crippen molar-refractivity contribution in [3.63, 3.8) is 0 Å². The number of nitrogens with zero attached hydrogens (tertiary/aromatic N) is 1. The van der Waals surface area contributed by atoms with Gasteiger partial charge in [0, 0.05) is 5.69 Å². The Bertz CT molecular complexity index is 862. The largest absolute Gasteiger partial charge is 0.416 e. The first-order chi connectivity index (χ1) is 11.3. The third-order valence-corrected chi connectivity index (χ3v) is 3.43. The van der Waals surface area contributed by atoms with Gasteiger partial charge < -0.3 is 5.32 Å². The molecule has 24 heavy (non-hydrogen) atoms. The van der Waals surface area contributed by atoms with Crippen molar-refractivity contribution in [2.75, 3.05) is 10.2 Å². The van der Waals surface area contributed by atoms with E-state index in [2.05, 4.69) is 5.32 Å². The second-order valence-electron chi connectivity index (χ2n) is 5.00. The number of fused-ring (bicyclic) bond motifs is 1. The first-order valence-electron chi connectivity index (χ1n) is 6.75. The Balaban J connectivity index is 1.89. The van der Waals surface area contributed by atoms with Crippen LogP contribution in [0.25, 0.3) is 0 Å². The molecule has 1 N–H and O–H groups in total. The molecule has 0 fully saturated rings. The predicted octanol–water partition coefficient (Wildman–Crippen LogP) is 3.47. The maximum atomic E-state index is 12.7. The first-order valence-corrected chi connectivity index (χ1v) is 6.75. The summed E-state index contributed by atoms with van der Waals surface area (Å²) in [7, 11) is 0. The van der Waals surface area contributed by atoms with Gasteiger partial charge in [0.2, 0.25) is 0 Å². The minimum Gasteiger partial charge on any atom is -0.307 e. The lowest BCUT2D eigenvalue weighted by Gasteiger charge is -2.16. The van der Waals surface area contributed by atoms with Gasteiger partial charge in [-0.25, -0.2) is 9.69 Å². The molecule has 0 aromatic heterocycles. The minimum atomic E-state index is -4.56. The number of Topliss-reactive ketones (excluding diaryl/α,β-unsaturated/α-hetero) is 1. The zero-order valence-electron chi connectivity index (χ0n) is 11.9. The molecule has 0 unspecified atom stereocenters. The van der Waals surface area contributed by atoms with Crippen LogP contribution in [0.4, 0.5) is 29.3 Å². The van der Waals surface area contributed by atoms with Gasteiger partial charge in [-0.15, -0.1) is 0 Å². The number of carbonyl (C=O) groups excluding carboxylic acids is 3. The number of rotatable bonds is 1. The zero-order chi connectivity index (χ0) is 17.5. The normalized spacial score (nSPS) is 13.9. The number of para-hydroxylation sites is 1. The molecule has 3 amide bonds. The molecule has 8 heteroatoms. The fourth-order valence-electron chi connectivity index (χ4n) is 2.34. The molecule has 1 aliphatic rings. The summed E-state index contributed by atoms with van der Waals surface area (Å²) in [6, 6.07) is 8.86. The maximum Gasteiger partial charge on any atom is 0.416 e. The molecule has 2 aromatic carbocycles. The van der Waals surface area contributed by atoms with E-state index in [1.807, 2.05) is 0 Å². The lowest BCUT2D eigenvalue weighted by molar-refractivity contribution is -0.137. The summed E-state index contributed by atoms with van der Waals surface area (Å²) in [5.41, 5.74) is -0.914. The van der Waals surface area contributed by atoms with Gasteiger partial charge in [-0.1, -0.05) is 18.2 Å². The summed E-state index contributed by atoms with van der Waals surface area (Å²) in [5.74, 6) is -1.90. The average Bonchev–Trinajstić information content (AvgIpc) is 2.79. The van der Waals surface area contributed by atoms with Crippen molar-refractivity contribution in [2.45, 2.75) is 6.18 Å². The fourth-order valence-corrected chi connectivity index (χ4v) is 2.34. The minimum absolute atomic E-state index is 0.0710. The zero-order valence-corrected chi connectivity index (χ0v) is 11.9. The number of imide groups is 1. The Morgan fingerprint density at radius 1 is 1.00 bits per heavy atom. The molecule has 5 nitrogen and oxygen atoms in total. The highest BCUT2D eigenvalue weighted by Crippen LogP contribution is 2.32. The lowest BCUT2D eigenvalue weighted by atomic mass is 10.1. The van der Waals surface area contributed by atoms with Crippen LogP contribution in [0.1, 0.15) is 15.9 Å². The molecule has 0 atom stereocenters. The van der Waals surface area contributed by atoms with Gasteiger partial charge in [-0.05, 0) is 30.3 Å². The second-order valence-corrected chi connectivity index (χ2v) is 5.00. The Morgan fingerprint density at radius 2 is 1.71 bits per heavy atom. The van der Waals surface area contributed by atoms with Crippen molar-refractivity contribution in [3.8, 4) is 0 Å². The highest BCUT2D eigenvalue weighted by Gasteiger charge is 2.39. The number of benzene rings is 2. The molecule has 2 aromatic rings. The van der Waals surface area contributed by atoms with E-state index in [1.54, 1.807) is 0 Å². The standard InChI is InChI=1S/C16H9F3N2O3/c17-16(18,19)9-4-3-5-10(8-9)20-15(24)21-12-7-2-1-6-11(12)13(22)14(21)23/h1-8H,(H,20,24). The third kappa shape index (κ3) is 2.62. The van der Waals surface area contributed by atoms with Crippen LogP contribution < -0.4 is 10.2 Å². The van der Waals surface area contributed by atoms with Crippen molar-refractivity contribution in [3.05, 3.63) is 59.7 Å². The van der Waals surface area contributed by atoms with Crippen molar-refractivity contribution >= 4 is 29.1 Å². The lowest BCUT2D eigenvalue weighted by Crippen LogP contribution is -2.39. The van der Waals surface area contributed by atoms with Crippen molar-refractivity contribution in [2.24, 2.45) is 0 Å². The summed E-state index contributed by atoms with van der Waals surface area (Å²) < 4.78 is 38.1. The van der Waals surface area contributed by atoms with Crippen LogP contribution in [0, 0.1) is 0 Å². The molecule has 1 aliphatic heterocycles. The van der Waals surface area contributed by atoms with Crippen LogP contribution in [0.2, 0.25) is 0 Å². The number of nitrogens with one attached hydrogen (secondary N) is 1. The Morgan fingerprint density at radius 3 is 2.42 bits per heavy atom. The van der Waals surface area contributed by atoms with Crippen LogP contribution >= 0.6 is 0 Å². The maximum absolute atomic E-state index is 12.7. The fraction of sp³-hybridized carbons (Fsp3) is 0.0625. The van der Waals surface area contributed by atoms with E-state index in [0.29, 0.717) is 4.90 Å². The monoisotopic (exact) mass is 334 g/mol. The third-order valence-electron chi connectivity index (χ3n) is 3.43. The first kappa shape index (κ1) is 15.7. The van der Waals surface area contributed by atoms with Gasteiger partial charge in [0.25, 0.3) is 5.78 Å². The van der Waals surface area contributed by atoms with Gasteiger partial charge in [-0.2, -0.15) is 13.2 Å². The molecule has 1 heterocycles. The molecular weight excluding hydrogens is 325 g/mol. The summed E-state index contributed by atoms with van der Waals surface area (Å²) in [6.07, 6.45) is -4.56. The van der Waals surface area contributed by atoms with Gasteiger partial charge in [0.05, 0.1) is 16.8 Å². The molecule has 0 saturated carbocycles. The summed E-state index contributed by atoms with van der Waals surface area (Å²) >= 11 is 0.